The molecule has 0 spiro atoms. The number of aromatic nitrogens is 1. The lowest BCUT2D eigenvalue weighted by molar-refractivity contribution is 0.252. The van der Waals surface area contributed by atoms with Gasteiger partial charge in [0.15, 0.2) is 0 Å². The van der Waals surface area contributed by atoms with Crippen molar-refractivity contribution in [1.82, 2.24) is 4.98 Å². The van der Waals surface area contributed by atoms with E-state index in [1.54, 1.807) is 18.3 Å². The van der Waals surface area contributed by atoms with Crippen LogP contribution in [0.5, 0.6) is 5.75 Å². The monoisotopic (exact) mass is 219 g/mol. The van der Waals surface area contributed by atoms with Crippen molar-refractivity contribution in [2.45, 2.75) is 25.7 Å². The number of hydrogen-bond acceptors (Lipinski definition) is 3. The van der Waals surface area contributed by atoms with Gasteiger partial charge in [0.05, 0.1) is 6.61 Å². The Balaban J connectivity index is 1.93. The normalized spacial score (nSPS) is 16.2. The molecule has 4 nitrogen and oxygen atoms in total. The van der Waals surface area contributed by atoms with E-state index in [0.717, 1.165) is 12.4 Å². The molecular formula is C12H17N3O. The number of nitrogens with one attached hydrogen (secondary N) is 1. The van der Waals surface area contributed by atoms with Crippen LogP contribution >= 0.6 is 0 Å². The molecule has 0 saturated heterocycles. The number of nitrogens with two attached hydrogens (primary N) is 1. The van der Waals surface area contributed by atoms with Crippen LogP contribution < -0.4 is 10.5 Å². The minimum atomic E-state index is -0.0219. The van der Waals surface area contributed by atoms with E-state index < -0.39 is 0 Å². The lowest BCUT2D eigenvalue weighted by Gasteiger charge is -2.11. The van der Waals surface area contributed by atoms with Crippen LogP contribution in [0.3, 0.4) is 0 Å². The van der Waals surface area contributed by atoms with Crippen molar-refractivity contribution in [3.8, 4) is 5.75 Å². The van der Waals surface area contributed by atoms with Crippen molar-refractivity contribution in [3.63, 3.8) is 0 Å². The van der Waals surface area contributed by atoms with Crippen molar-refractivity contribution < 1.29 is 4.74 Å². The lowest BCUT2D eigenvalue weighted by Crippen LogP contribution is -2.14. The fourth-order valence-corrected chi connectivity index (χ4v) is 2.04. The molecule has 2 rings (SSSR count). The Morgan fingerprint density at radius 2 is 2.25 bits per heavy atom. The van der Waals surface area contributed by atoms with Crippen LogP contribution in [0.4, 0.5) is 0 Å². The molecular weight excluding hydrogens is 202 g/mol. The van der Waals surface area contributed by atoms with Crippen LogP contribution in [-0.2, 0) is 0 Å². The number of nitrogen functional groups attached to an aromatic ring is 1. The highest BCUT2D eigenvalue weighted by Gasteiger charge is 2.15. The standard InChI is InChI=1S/C12H17N3O/c13-12(14)11-7-10(5-6-15-11)16-8-9-3-1-2-4-9/h5-7,9H,1-4,8H2,(H3,13,14). The van der Waals surface area contributed by atoms with Gasteiger partial charge in [-0.2, -0.15) is 0 Å². The summed E-state index contributed by atoms with van der Waals surface area (Å²) in [5, 5.41) is 7.29. The smallest absolute Gasteiger partial charge is 0.141 e. The van der Waals surface area contributed by atoms with Gasteiger partial charge < -0.3 is 10.5 Å². The van der Waals surface area contributed by atoms with E-state index in [1.807, 2.05) is 0 Å². The molecule has 0 radical (unpaired) electrons. The quantitative estimate of drug-likeness (QED) is 0.600. The molecule has 1 aliphatic rings. The number of hydrogen-bond donors (Lipinski definition) is 2. The highest BCUT2D eigenvalue weighted by Crippen LogP contribution is 2.25. The summed E-state index contributed by atoms with van der Waals surface area (Å²) in [5.74, 6) is 1.42. The molecule has 1 aromatic rings. The minimum absolute atomic E-state index is 0.0219. The van der Waals surface area contributed by atoms with Gasteiger partial charge in [-0.15, -0.1) is 0 Å². The largest absolute Gasteiger partial charge is 0.493 e. The number of pyridine rings is 1. The van der Waals surface area contributed by atoms with Gasteiger partial charge in [0, 0.05) is 12.3 Å². The van der Waals surface area contributed by atoms with Crippen molar-refractivity contribution in [1.29, 1.82) is 5.41 Å². The summed E-state index contributed by atoms with van der Waals surface area (Å²) >= 11 is 0. The highest BCUT2D eigenvalue weighted by molar-refractivity contribution is 5.93. The molecule has 0 unspecified atom stereocenters. The summed E-state index contributed by atoms with van der Waals surface area (Å²) in [7, 11) is 0. The second-order valence-electron chi connectivity index (χ2n) is 4.25. The fourth-order valence-electron chi connectivity index (χ4n) is 2.04. The Morgan fingerprint density at radius 1 is 1.50 bits per heavy atom. The van der Waals surface area contributed by atoms with Crippen molar-refractivity contribution >= 4 is 5.84 Å². The third-order valence-corrected chi connectivity index (χ3v) is 2.97. The summed E-state index contributed by atoms with van der Waals surface area (Å²) < 4.78 is 5.69. The van der Waals surface area contributed by atoms with Gasteiger partial charge >= 0.3 is 0 Å². The zero-order valence-corrected chi connectivity index (χ0v) is 9.28. The molecule has 0 amide bonds. The number of rotatable bonds is 4. The van der Waals surface area contributed by atoms with E-state index in [0.29, 0.717) is 11.6 Å². The van der Waals surface area contributed by atoms with Crippen LogP contribution in [0.2, 0.25) is 0 Å². The van der Waals surface area contributed by atoms with Gasteiger partial charge in [-0.25, -0.2) is 0 Å². The Hall–Kier alpha value is -1.58. The molecule has 0 bridgehead atoms. The molecule has 1 saturated carbocycles. The fraction of sp³-hybridized carbons (Fsp3) is 0.500. The molecule has 1 heterocycles. The molecule has 16 heavy (non-hydrogen) atoms. The predicted octanol–water partition coefficient (Wildman–Crippen LogP) is 1.93. The number of amidine groups is 1. The first kappa shape index (κ1) is 10.9. The summed E-state index contributed by atoms with van der Waals surface area (Å²) in [6.45, 7) is 0.765. The average molecular weight is 219 g/mol. The molecule has 0 aliphatic heterocycles. The molecule has 0 aromatic carbocycles. The first-order chi connectivity index (χ1) is 7.75. The first-order valence-electron chi connectivity index (χ1n) is 5.69. The van der Waals surface area contributed by atoms with E-state index in [9.17, 15) is 0 Å². The van der Waals surface area contributed by atoms with Crippen molar-refractivity contribution in [3.05, 3.63) is 24.0 Å². The van der Waals surface area contributed by atoms with Gasteiger partial charge in [0.2, 0.25) is 0 Å². The molecule has 3 N–H and O–H groups in total. The summed E-state index contributed by atoms with van der Waals surface area (Å²) in [4.78, 5) is 3.99. The highest BCUT2D eigenvalue weighted by atomic mass is 16.5. The van der Waals surface area contributed by atoms with Crippen LogP contribution in [0.15, 0.2) is 18.3 Å². The molecule has 1 fully saturated rings. The van der Waals surface area contributed by atoms with Gasteiger partial charge in [-0.3, -0.25) is 10.4 Å². The second-order valence-corrected chi connectivity index (χ2v) is 4.25. The Kier molecular flexibility index (Phi) is 3.39. The lowest BCUT2D eigenvalue weighted by atomic mass is 10.1. The van der Waals surface area contributed by atoms with Crippen molar-refractivity contribution in [2.24, 2.45) is 11.7 Å². The number of nitrogens with zero attached hydrogens (tertiary/aromatic N) is 1. The maximum absolute atomic E-state index is 7.29. The maximum atomic E-state index is 7.29. The van der Waals surface area contributed by atoms with E-state index in [-0.39, 0.29) is 5.84 Å². The third kappa shape index (κ3) is 2.72. The van der Waals surface area contributed by atoms with Crippen LogP contribution in [-0.4, -0.2) is 17.4 Å². The maximum Gasteiger partial charge on any atom is 0.141 e. The second kappa shape index (κ2) is 4.96. The van der Waals surface area contributed by atoms with E-state index in [1.165, 1.54) is 25.7 Å². The van der Waals surface area contributed by atoms with E-state index >= 15 is 0 Å². The Morgan fingerprint density at radius 3 is 2.94 bits per heavy atom. The van der Waals surface area contributed by atoms with Gasteiger partial charge in [-0.1, -0.05) is 12.8 Å². The SMILES string of the molecule is N=C(N)c1cc(OCC2CCCC2)ccn1. The van der Waals surface area contributed by atoms with Gasteiger partial charge in [0.1, 0.15) is 17.3 Å². The first-order valence-corrected chi connectivity index (χ1v) is 5.69. The zero-order chi connectivity index (χ0) is 11.4. The Bertz CT molecular complexity index is 372. The minimum Gasteiger partial charge on any atom is -0.493 e. The Labute approximate surface area is 95.3 Å². The molecule has 0 atom stereocenters. The third-order valence-electron chi connectivity index (χ3n) is 2.97. The summed E-state index contributed by atoms with van der Waals surface area (Å²) in [6, 6.07) is 3.53. The predicted molar refractivity (Wildman–Crippen MR) is 62.7 cm³/mol. The van der Waals surface area contributed by atoms with Crippen LogP contribution in [0.25, 0.3) is 0 Å². The molecule has 1 aromatic heterocycles. The summed E-state index contributed by atoms with van der Waals surface area (Å²) in [5.41, 5.74) is 5.84. The van der Waals surface area contributed by atoms with Crippen molar-refractivity contribution in [2.75, 3.05) is 6.61 Å². The van der Waals surface area contributed by atoms with Gasteiger partial charge in [-0.05, 0) is 24.8 Å². The van der Waals surface area contributed by atoms with Crippen LogP contribution in [0.1, 0.15) is 31.4 Å². The average Bonchev–Trinajstić information content (AvgIpc) is 2.79. The van der Waals surface area contributed by atoms with Gasteiger partial charge in [0.25, 0.3) is 0 Å². The molecule has 86 valence electrons. The molecule has 4 heteroatoms. The van der Waals surface area contributed by atoms with E-state index in [2.05, 4.69) is 4.98 Å². The van der Waals surface area contributed by atoms with E-state index in [4.69, 9.17) is 15.9 Å². The topological polar surface area (TPSA) is 72.0 Å². The number of ether oxygens (including phenoxy) is 1. The molecule has 1 aliphatic carbocycles. The zero-order valence-electron chi connectivity index (χ0n) is 9.28. The van der Waals surface area contributed by atoms with Crippen LogP contribution in [0, 0.1) is 11.3 Å². The summed E-state index contributed by atoms with van der Waals surface area (Å²) in [6.07, 6.45) is 6.81.